The van der Waals surface area contributed by atoms with E-state index in [1.807, 2.05) is 0 Å². The van der Waals surface area contributed by atoms with Crippen molar-refractivity contribution in [2.24, 2.45) is 5.84 Å². The summed E-state index contributed by atoms with van der Waals surface area (Å²) < 4.78 is 37.2. The SMILES string of the molecule is NN1CCCC(c2ccc(C(F)(F)F)cc2)C1. The predicted octanol–water partition coefficient (Wildman–Crippen LogP) is 2.76. The summed E-state index contributed by atoms with van der Waals surface area (Å²) in [6, 6.07) is 5.41. The molecule has 0 bridgehead atoms. The summed E-state index contributed by atoms with van der Waals surface area (Å²) in [6.07, 6.45) is -2.29. The first-order valence-corrected chi connectivity index (χ1v) is 5.63. The quantitative estimate of drug-likeness (QED) is 0.770. The van der Waals surface area contributed by atoms with Crippen molar-refractivity contribution in [1.82, 2.24) is 5.01 Å². The van der Waals surface area contributed by atoms with E-state index in [2.05, 4.69) is 0 Å². The van der Waals surface area contributed by atoms with E-state index < -0.39 is 11.7 Å². The molecule has 1 saturated heterocycles. The van der Waals surface area contributed by atoms with Crippen LogP contribution in [-0.4, -0.2) is 18.1 Å². The van der Waals surface area contributed by atoms with Crippen LogP contribution in [0.4, 0.5) is 13.2 Å². The topological polar surface area (TPSA) is 29.3 Å². The molecule has 1 aromatic carbocycles. The summed E-state index contributed by atoms with van der Waals surface area (Å²) in [7, 11) is 0. The maximum atomic E-state index is 12.4. The molecule has 1 fully saturated rings. The van der Waals surface area contributed by atoms with E-state index >= 15 is 0 Å². The van der Waals surface area contributed by atoms with Crippen LogP contribution < -0.4 is 5.84 Å². The zero-order chi connectivity index (χ0) is 12.5. The zero-order valence-electron chi connectivity index (χ0n) is 9.37. The van der Waals surface area contributed by atoms with Crippen LogP contribution in [0, 0.1) is 0 Å². The van der Waals surface area contributed by atoms with Crippen molar-refractivity contribution in [3.05, 3.63) is 35.4 Å². The molecule has 1 aromatic rings. The molecule has 17 heavy (non-hydrogen) atoms. The monoisotopic (exact) mass is 244 g/mol. The molecule has 0 saturated carbocycles. The first kappa shape index (κ1) is 12.4. The highest BCUT2D eigenvalue weighted by Crippen LogP contribution is 2.31. The highest BCUT2D eigenvalue weighted by Gasteiger charge is 2.30. The van der Waals surface area contributed by atoms with Gasteiger partial charge in [-0.3, -0.25) is 5.84 Å². The van der Waals surface area contributed by atoms with E-state index in [9.17, 15) is 13.2 Å². The minimum Gasteiger partial charge on any atom is -0.269 e. The number of benzene rings is 1. The Balaban J connectivity index is 2.12. The van der Waals surface area contributed by atoms with Gasteiger partial charge in [0, 0.05) is 13.1 Å². The van der Waals surface area contributed by atoms with Gasteiger partial charge in [0.05, 0.1) is 5.56 Å². The maximum absolute atomic E-state index is 12.4. The van der Waals surface area contributed by atoms with Crippen LogP contribution in [0.15, 0.2) is 24.3 Å². The lowest BCUT2D eigenvalue weighted by molar-refractivity contribution is -0.137. The van der Waals surface area contributed by atoms with Crippen LogP contribution in [0.3, 0.4) is 0 Å². The molecule has 0 aromatic heterocycles. The maximum Gasteiger partial charge on any atom is 0.416 e. The normalized spacial score (nSPS) is 22.7. The Morgan fingerprint density at radius 2 is 1.82 bits per heavy atom. The number of halogens is 3. The third-order valence-electron chi connectivity index (χ3n) is 3.16. The minimum atomic E-state index is -4.26. The molecule has 94 valence electrons. The van der Waals surface area contributed by atoms with Crippen molar-refractivity contribution in [2.45, 2.75) is 24.9 Å². The molecule has 1 aliphatic rings. The van der Waals surface area contributed by atoms with Crippen molar-refractivity contribution in [3.63, 3.8) is 0 Å². The summed E-state index contributed by atoms with van der Waals surface area (Å²) in [5.41, 5.74) is 0.342. The predicted molar refractivity (Wildman–Crippen MR) is 59.2 cm³/mol. The summed E-state index contributed by atoms with van der Waals surface area (Å²) >= 11 is 0. The lowest BCUT2D eigenvalue weighted by Gasteiger charge is -2.29. The number of piperidine rings is 1. The minimum absolute atomic E-state index is 0.246. The molecule has 1 heterocycles. The van der Waals surface area contributed by atoms with Gasteiger partial charge in [-0.05, 0) is 36.5 Å². The van der Waals surface area contributed by atoms with Crippen LogP contribution in [0.5, 0.6) is 0 Å². The fourth-order valence-corrected chi connectivity index (χ4v) is 2.22. The van der Waals surface area contributed by atoms with Gasteiger partial charge < -0.3 is 0 Å². The van der Waals surface area contributed by atoms with Gasteiger partial charge in [0.25, 0.3) is 0 Å². The number of nitrogens with zero attached hydrogens (tertiary/aromatic N) is 1. The molecule has 0 radical (unpaired) electrons. The Bertz CT molecular complexity index is 372. The molecular weight excluding hydrogens is 229 g/mol. The molecule has 0 aliphatic carbocycles. The average Bonchev–Trinajstić information content (AvgIpc) is 2.28. The fourth-order valence-electron chi connectivity index (χ4n) is 2.22. The van der Waals surface area contributed by atoms with Gasteiger partial charge in [0.2, 0.25) is 0 Å². The van der Waals surface area contributed by atoms with E-state index in [0.717, 1.165) is 37.1 Å². The van der Waals surface area contributed by atoms with Gasteiger partial charge in [-0.2, -0.15) is 13.2 Å². The highest BCUT2D eigenvalue weighted by atomic mass is 19.4. The first-order chi connectivity index (χ1) is 7.97. The second-order valence-electron chi connectivity index (χ2n) is 4.45. The fraction of sp³-hybridized carbons (Fsp3) is 0.500. The van der Waals surface area contributed by atoms with Crippen LogP contribution in [0.1, 0.15) is 29.9 Å². The molecule has 5 heteroatoms. The first-order valence-electron chi connectivity index (χ1n) is 5.63. The third-order valence-corrected chi connectivity index (χ3v) is 3.16. The van der Waals surface area contributed by atoms with Crippen LogP contribution in [0.25, 0.3) is 0 Å². The third kappa shape index (κ3) is 2.98. The van der Waals surface area contributed by atoms with Crippen LogP contribution in [0.2, 0.25) is 0 Å². The largest absolute Gasteiger partial charge is 0.416 e. The lowest BCUT2D eigenvalue weighted by atomic mass is 9.91. The molecule has 0 spiro atoms. The molecular formula is C12H15F3N2. The highest BCUT2D eigenvalue weighted by molar-refractivity contribution is 5.27. The van der Waals surface area contributed by atoms with E-state index in [1.165, 1.54) is 0 Å². The number of nitrogens with two attached hydrogens (primary N) is 1. The molecule has 1 atom stereocenters. The Morgan fingerprint density at radius 1 is 1.18 bits per heavy atom. The number of rotatable bonds is 1. The standard InChI is InChI=1S/C12H15F3N2/c13-12(14,15)11-5-3-9(4-6-11)10-2-1-7-17(16)8-10/h3-6,10H,1-2,7-8,16H2. The zero-order valence-corrected chi connectivity index (χ0v) is 9.37. The second-order valence-corrected chi connectivity index (χ2v) is 4.45. The van der Waals surface area contributed by atoms with Gasteiger partial charge in [-0.25, -0.2) is 5.01 Å². The Kier molecular flexibility index (Phi) is 3.40. The average molecular weight is 244 g/mol. The van der Waals surface area contributed by atoms with Gasteiger partial charge in [0.1, 0.15) is 0 Å². The number of hydrogen-bond acceptors (Lipinski definition) is 2. The molecule has 1 unspecified atom stereocenters. The van der Waals surface area contributed by atoms with Crippen molar-refractivity contribution in [3.8, 4) is 0 Å². The number of hydrogen-bond donors (Lipinski definition) is 1. The van der Waals surface area contributed by atoms with Crippen LogP contribution in [-0.2, 0) is 6.18 Å². The van der Waals surface area contributed by atoms with Gasteiger partial charge >= 0.3 is 6.18 Å². The summed E-state index contributed by atoms with van der Waals surface area (Å²) in [5, 5.41) is 1.73. The van der Waals surface area contributed by atoms with Gasteiger partial charge in [-0.1, -0.05) is 12.1 Å². The van der Waals surface area contributed by atoms with Crippen molar-refractivity contribution >= 4 is 0 Å². The molecule has 1 aliphatic heterocycles. The Labute approximate surface area is 98.2 Å². The number of alkyl halides is 3. The number of hydrazine groups is 1. The van der Waals surface area contributed by atoms with E-state index in [4.69, 9.17) is 5.84 Å². The van der Waals surface area contributed by atoms with Crippen molar-refractivity contribution < 1.29 is 13.2 Å². The Morgan fingerprint density at radius 3 is 2.35 bits per heavy atom. The van der Waals surface area contributed by atoms with E-state index in [1.54, 1.807) is 17.1 Å². The Hall–Kier alpha value is -1.07. The van der Waals surface area contributed by atoms with Gasteiger partial charge in [0.15, 0.2) is 0 Å². The van der Waals surface area contributed by atoms with Crippen molar-refractivity contribution in [2.75, 3.05) is 13.1 Å². The summed E-state index contributed by atoms with van der Waals surface area (Å²) in [6.45, 7) is 1.57. The van der Waals surface area contributed by atoms with E-state index in [-0.39, 0.29) is 5.92 Å². The van der Waals surface area contributed by atoms with E-state index in [0.29, 0.717) is 6.54 Å². The molecule has 2 rings (SSSR count). The smallest absolute Gasteiger partial charge is 0.269 e. The lowest BCUT2D eigenvalue weighted by Crippen LogP contribution is -2.39. The van der Waals surface area contributed by atoms with Crippen LogP contribution >= 0.6 is 0 Å². The summed E-state index contributed by atoms with van der Waals surface area (Å²) in [5.74, 6) is 5.96. The molecule has 0 amide bonds. The van der Waals surface area contributed by atoms with Gasteiger partial charge in [-0.15, -0.1) is 0 Å². The molecule has 2 nitrogen and oxygen atoms in total. The second kappa shape index (κ2) is 4.66. The van der Waals surface area contributed by atoms with Crippen molar-refractivity contribution in [1.29, 1.82) is 0 Å². The summed E-state index contributed by atoms with van der Waals surface area (Å²) in [4.78, 5) is 0. The molecule has 2 N–H and O–H groups in total.